The topological polar surface area (TPSA) is 80.8 Å². The summed E-state index contributed by atoms with van der Waals surface area (Å²) >= 11 is 0. The van der Waals surface area contributed by atoms with E-state index >= 15 is 0 Å². The van der Waals surface area contributed by atoms with Crippen molar-refractivity contribution in [3.63, 3.8) is 0 Å². The van der Waals surface area contributed by atoms with Gasteiger partial charge < -0.3 is 4.74 Å². The van der Waals surface area contributed by atoms with Crippen LogP contribution >= 0.6 is 0 Å². The van der Waals surface area contributed by atoms with Crippen LogP contribution in [0.5, 0.6) is 5.75 Å². The molecule has 0 atom stereocenters. The van der Waals surface area contributed by atoms with Gasteiger partial charge in [0.2, 0.25) is 5.91 Å². The molecule has 6 nitrogen and oxygen atoms in total. The molecule has 0 aliphatic rings. The van der Waals surface area contributed by atoms with E-state index in [9.17, 15) is 22.4 Å². The van der Waals surface area contributed by atoms with Crippen LogP contribution in [0, 0.1) is 5.82 Å². The van der Waals surface area contributed by atoms with Gasteiger partial charge in [-0.05, 0) is 36.4 Å². The normalized spacial score (nSPS) is 11.2. The van der Waals surface area contributed by atoms with E-state index in [1.807, 2.05) is 0 Å². The number of sulfonamides is 1. The predicted octanol–water partition coefficient (Wildman–Crippen LogP) is 3.65. The van der Waals surface area contributed by atoms with Gasteiger partial charge in [-0.2, -0.15) is 0 Å². The molecule has 0 unspecified atom stereocenters. The molecule has 144 valence electrons. The third-order valence-electron chi connectivity index (χ3n) is 3.97. The van der Waals surface area contributed by atoms with Crippen molar-refractivity contribution >= 4 is 38.4 Å². The summed E-state index contributed by atoms with van der Waals surface area (Å²) in [5, 5.41) is 0.873. The third kappa shape index (κ3) is 3.59. The third-order valence-corrected chi connectivity index (χ3v) is 5.77. The largest absolute Gasteiger partial charge is 0.426 e. The highest BCUT2D eigenvalue weighted by molar-refractivity contribution is 7.93. The standard InChI is InChI=1S/C20H16FNO5S/c1-13(23)22(28(25,26)16-9-7-15(21)8-10-16)19-11-12-20(27-14(2)24)18-6-4-3-5-17(18)19/h3-12H,1-2H3. The number of hydrogen-bond donors (Lipinski definition) is 0. The van der Waals surface area contributed by atoms with E-state index in [1.54, 1.807) is 24.3 Å². The minimum Gasteiger partial charge on any atom is -0.426 e. The summed E-state index contributed by atoms with van der Waals surface area (Å²) in [5.41, 5.74) is 0.100. The van der Waals surface area contributed by atoms with Crippen LogP contribution in [0.1, 0.15) is 13.8 Å². The van der Waals surface area contributed by atoms with Crippen LogP contribution in [-0.2, 0) is 19.6 Å². The summed E-state index contributed by atoms with van der Waals surface area (Å²) in [4.78, 5) is 23.4. The van der Waals surface area contributed by atoms with Crippen molar-refractivity contribution in [2.24, 2.45) is 0 Å². The number of fused-ring (bicyclic) bond motifs is 1. The highest BCUT2D eigenvalue weighted by Gasteiger charge is 2.30. The van der Waals surface area contributed by atoms with Gasteiger partial charge in [-0.15, -0.1) is 0 Å². The lowest BCUT2D eigenvalue weighted by molar-refractivity contribution is -0.131. The summed E-state index contributed by atoms with van der Waals surface area (Å²) in [7, 11) is -4.29. The Labute approximate surface area is 161 Å². The molecule has 8 heteroatoms. The molecule has 3 aromatic carbocycles. The number of carbonyl (C=O) groups excluding carboxylic acids is 2. The Morgan fingerprint density at radius 3 is 2.07 bits per heavy atom. The fraction of sp³-hybridized carbons (Fsp3) is 0.100. The first-order valence-corrected chi connectivity index (χ1v) is 9.67. The summed E-state index contributed by atoms with van der Waals surface area (Å²) in [6, 6.07) is 13.7. The number of rotatable bonds is 4. The summed E-state index contributed by atoms with van der Waals surface area (Å²) in [6.45, 7) is 2.37. The van der Waals surface area contributed by atoms with Gasteiger partial charge >= 0.3 is 5.97 Å². The van der Waals surface area contributed by atoms with Gasteiger partial charge in [0.1, 0.15) is 11.6 Å². The second-order valence-corrected chi connectivity index (χ2v) is 7.75. The van der Waals surface area contributed by atoms with Crippen molar-refractivity contribution < 1.29 is 27.1 Å². The minimum atomic E-state index is -4.29. The van der Waals surface area contributed by atoms with E-state index in [1.165, 1.54) is 19.1 Å². The quantitative estimate of drug-likeness (QED) is 0.492. The molecule has 0 saturated heterocycles. The number of hydrogen-bond acceptors (Lipinski definition) is 5. The molecule has 0 bridgehead atoms. The molecule has 1 amide bonds. The Hall–Kier alpha value is -3.26. The van der Waals surface area contributed by atoms with Crippen LogP contribution in [-0.4, -0.2) is 20.3 Å². The number of anilines is 1. The lowest BCUT2D eigenvalue weighted by Gasteiger charge is -2.23. The molecule has 0 N–H and O–H groups in total. The van der Waals surface area contributed by atoms with E-state index in [4.69, 9.17) is 4.74 Å². The fourth-order valence-corrected chi connectivity index (χ4v) is 4.30. The molecule has 0 saturated carbocycles. The SMILES string of the molecule is CC(=O)Oc1ccc(N(C(C)=O)S(=O)(=O)c2ccc(F)cc2)c2ccccc12. The van der Waals surface area contributed by atoms with Crippen LogP contribution < -0.4 is 9.04 Å². The van der Waals surface area contributed by atoms with E-state index in [2.05, 4.69) is 0 Å². The first-order chi connectivity index (χ1) is 13.2. The molecule has 0 aliphatic heterocycles. The number of ether oxygens (including phenoxy) is 1. The van der Waals surface area contributed by atoms with E-state index in [0.29, 0.717) is 15.1 Å². The average Bonchev–Trinajstić information content (AvgIpc) is 2.63. The van der Waals surface area contributed by atoms with Crippen molar-refractivity contribution in [1.82, 2.24) is 0 Å². The Kier molecular flexibility index (Phi) is 5.15. The molecule has 28 heavy (non-hydrogen) atoms. The zero-order valence-electron chi connectivity index (χ0n) is 15.0. The minimum absolute atomic E-state index is 0.100. The van der Waals surface area contributed by atoms with Crippen molar-refractivity contribution in [2.75, 3.05) is 4.31 Å². The number of esters is 1. The van der Waals surface area contributed by atoms with Crippen molar-refractivity contribution in [3.05, 3.63) is 66.5 Å². The van der Waals surface area contributed by atoms with Gasteiger partial charge in [-0.3, -0.25) is 9.59 Å². The van der Waals surface area contributed by atoms with Gasteiger partial charge in [-0.1, -0.05) is 24.3 Å². The Morgan fingerprint density at radius 1 is 0.893 bits per heavy atom. The molecule has 0 aliphatic carbocycles. The number of amides is 1. The second-order valence-electron chi connectivity index (χ2n) is 5.96. The first kappa shape index (κ1) is 19.5. The smallest absolute Gasteiger partial charge is 0.308 e. The zero-order valence-corrected chi connectivity index (χ0v) is 15.9. The van der Waals surface area contributed by atoms with E-state index < -0.39 is 27.7 Å². The fourth-order valence-electron chi connectivity index (χ4n) is 2.86. The van der Waals surface area contributed by atoms with Crippen molar-refractivity contribution in [2.45, 2.75) is 18.7 Å². The molecule has 3 rings (SSSR count). The summed E-state index contributed by atoms with van der Waals surface area (Å²) in [6.07, 6.45) is 0. The number of carbonyl (C=O) groups is 2. The van der Waals surface area contributed by atoms with Gasteiger partial charge in [0.25, 0.3) is 10.0 Å². The monoisotopic (exact) mass is 401 g/mol. The highest BCUT2D eigenvalue weighted by Crippen LogP contribution is 2.36. The number of halogens is 1. The Balaban J connectivity index is 2.24. The predicted molar refractivity (Wildman–Crippen MR) is 102 cm³/mol. The van der Waals surface area contributed by atoms with Crippen molar-refractivity contribution in [3.8, 4) is 5.75 Å². The Bertz CT molecular complexity index is 1170. The Morgan fingerprint density at radius 2 is 1.50 bits per heavy atom. The van der Waals surface area contributed by atoms with Crippen LogP contribution in [0.3, 0.4) is 0 Å². The maximum atomic E-state index is 13.2. The van der Waals surface area contributed by atoms with Crippen LogP contribution in [0.15, 0.2) is 65.6 Å². The zero-order chi connectivity index (χ0) is 20.5. The summed E-state index contributed by atoms with van der Waals surface area (Å²) in [5.74, 6) is -1.62. The number of benzene rings is 3. The van der Waals surface area contributed by atoms with Gasteiger partial charge in [0.05, 0.1) is 10.6 Å². The number of nitrogens with zero attached hydrogens (tertiary/aromatic N) is 1. The lowest BCUT2D eigenvalue weighted by atomic mass is 10.1. The average molecular weight is 401 g/mol. The maximum absolute atomic E-state index is 13.2. The van der Waals surface area contributed by atoms with Crippen molar-refractivity contribution in [1.29, 1.82) is 0 Å². The van der Waals surface area contributed by atoms with Crippen LogP contribution in [0.2, 0.25) is 0 Å². The molecule has 0 heterocycles. The van der Waals surface area contributed by atoms with Crippen LogP contribution in [0.25, 0.3) is 10.8 Å². The van der Waals surface area contributed by atoms with E-state index in [-0.39, 0.29) is 16.3 Å². The molecule has 0 radical (unpaired) electrons. The maximum Gasteiger partial charge on any atom is 0.308 e. The lowest BCUT2D eigenvalue weighted by Crippen LogP contribution is -2.35. The molecule has 3 aromatic rings. The van der Waals surface area contributed by atoms with Gasteiger partial charge in [0, 0.05) is 24.6 Å². The van der Waals surface area contributed by atoms with E-state index in [0.717, 1.165) is 31.2 Å². The second kappa shape index (κ2) is 7.40. The first-order valence-electron chi connectivity index (χ1n) is 8.23. The highest BCUT2D eigenvalue weighted by atomic mass is 32.2. The molecule has 0 spiro atoms. The van der Waals surface area contributed by atoms with Crippen LogP contribution in [0.4, 0.5) is 10.1 Å². The summed E-state index contributed by atoms with van der Waals surface area (Å²) < 4.78 is 45.2. The molecular weight excluding hydrogens is 385 g/mol. The molecule has 0 aromatic heterocycles. The molecular formula is C20H16FNO5S. The molecule has 0 fully saturated rings. The van der Waals surface area contributed by atoms with Gasteiger partial charge in [-0.25, -0.2) is 17.1 Å². The van der Waals surface area contributed by atoms with Gasteiger partial charge in [0.15, 0.2) is 0 Å².